The van der Waals surface area contributed by atoms with Crippen LogP contribution in [0, 0.1) is 11.3 Å². The fourth-order valence-corrected chi connectivity index (χ4v) is 3.19. The lowest BCUT2D eigenvalue weighted by Crippen LogP contribution is -2.67. The summed E-state index contributed by atoms with van der Waals surface area (Å²) >= 11 is 0. The van der Waals surface area contributed by atoms with Crippen molar-refractivity contribution in [2.45, 2.75) is 91.6 Å². The molecule has 1 rings (SSSR count). The molecule has 1 aliphatic rings. The van der Waals surface area contributed by atoms with Crippen molar-refractivity contribution >= 4 is 0 Å². The predicted octanol–water partition coefficient (Wildman–Crippen LogP) is 2.90. The molecule has 0 aromatic heterocycles. The van der Waals surface area contributed by atoms with Crippen molar-refractivity contribution < 1.29 is 9.84 Å². The Kier molecular flexibility index (Phi) is 8.33. The summed E-state index contributed by atoms with van der Waals surface area (Å²) in [5, 5.41) is 16.9. The van der Waals surface area contributed by atoms with Gasteiger partial charge in [-0.25, -0.2) is 0 Å². The molecule has 0 saturated carbocycles. The van der Waals surface area contributed by atoms with Gasteiger partial charge in [0.05, 0.1) is 12.7 Å². The second-order valence-corrected chi connectivity index (χ2v) is 7.93. The van der Waals surface area contributed by atoms with Gasteiger partial charge in [0.25, 0.3) is 0 Å². The van der Waals surface area contributed by atoms with E-state index in [9.17, 15) is 5.11 Å². The molecule has 0 aromatic rings. The molecule has 1 aliphatic heterocycles. The van der Waals surface area contributed by atoms with Gasteiger partial charge in [-0.15, -0.1) is 0 Å². The molecule has 22 heavy (non-hydrogen) atoms. The lowest BCUT2D eigenvalue weighted by Gasteiger charge is -2.46. The van der Waals surface area contributed by atoms with E-state index in [1.165, 1.54) is 19.3 Å². The van der Waals surface area contributed by atoms with E-state index >= 15 is 0 Å². The van der Waals surface area contributed by atoms with Gasteiger partial charge in [-0.1, -0.05) is 53.9 Å². The third kappa shape index (κ3) is 6.15. The highest BCUT2D eigenvalue weighted by molar-refractivity contribution is 4.95. The fourth-order valence-electron chi connectivity index (χ4n) is 3.19. The van der Waals surface area contributed by atoms with Gasteiger partial charge in [0, 0.05) is 18.6 Å². The maximum absolute atomic E-state index is 9.51. The number of aliphatic hydroxyl groups is 1. The van der Waals surface area contributed by atoms with Gasteiger partial charge < -0.3 is 15.2 Å². The van der Waals surface area contributed by atoms with Crippen molar-refractivity contribution in [3.8, 4) is 0 Å². The summed E-state index contributed by atoms with van der Waals surface area (Å²) in [6.45, 7) is 14.5. The number of nitrogens with one attached hydrogen (secondary N) is 2. The highest BCUT2D eigenvalue weighted by Crippen LogP contribution is 2.27. The monoisotopic (exact) mass is 314 g/mol. The number of aliphatic hydroxyl groups excluding tert-OH is 1. The normalized spacial score (nSPS) is 29.3. The molecular weight excluding hydrogens is 276 g/mol. The fraction of sp³-hybridized carbons (Fsp3) is 1.00. The molecule has 0 radical (unpaired) electrons. The number of unbranched alkanes of at least 4 members (excludes halogenated alkanes) is 1. The zero-order chi connectivity index (χ0) is 16.8. The average molecular weight is 315 g/mol. The minimum absolute atomic E-state index is 0.00462. The van der Waals surface area contributed by atoms with Crippen LogP contribution >= 0.6 is 0 Å². The Morgan fingerprint density at radius 2 is 1.95 bits per heavy atom. The molecule has 0 bridgehead atoms. The van der Waals surface area contributed by atoms with E-state index in [4.69, 9.17) is 4.74 Å². The Labute approximate surface area is 137 Å². The molecular formula is C18H38N2O2. The second kappa shape index (κ2) is 9.21. The first-order valence-corrected chi connectivity index (χ1v) is 9.08. The van der Waals surface area contributed by atoms with E-state index in [0.29, 0.717) is 24.6 Å². The Balaban J connectivity index is 2.77. The zero-order valence-electron chi connectivity index (χ0n) is 15.5. The van der Waals surface area contributed by atoms with Crippen LogP contribution in [0.4, 0.5) is 0 Å². The average Bonchev–Trinajstić information content (AvgIpc) is 2.45. The van der Waals surface area contributed by atoms with Gasteiger partial charge in [-0.2, -0.15) is 0 Å². The van der Waals surface area contributed by atoms with Gasteiger partial charge in [-0.3, -0.25) is 5.32 Å². The third-order valence-corrected chi connectivity index (χ3v) is 4.77. The molecule has 0 aromatic carbocycles. The van der Waals surface area contributed by atoms with Crippen molar-refractivity contribution in [3.05, 3.63) is 0 Å². The first kappa shape index (κ1) is 19.9. The Hall–Kier alpha value is -0.160. The van der Waals surface area contributed by atoms with Gasteiger partial charge >= 0.3 is 0 Å². The van der Waals surface area contributed by atoms with E-state index in [1.54, 1.807) is 6.92 Å². The van der Waals surface area contributed by atoms with Crippen molar-refractivity contribution in [1.29, 1.82) is 0 Å². The Morgan fingerprint density at radius 1 is 1.27 bits per heavy atom. The molecule has 1 saturated heterocycles. The van der Waals surface area contributed by atoms with Gasteiger partial charge in [0.2, 0.25) is 0 Å². The number of hydrogen-bond acceptors (Lipinski definition) is 4. The highest BCUT2D eigenvalue weighted by Gasteiger charge is 2.38. The number of ether oxygens (including phenoxy) is 1. The van der Waals surface area contributed by atoms with Crippen molar-refractivity contribution in [2.75, 3.05) is 13.2 Å². The molecule has 1 fully saturated rings. The van der Waals surface area contributed by atoms with Gasteiger partial charge in [0.1, 0.15) is 6.23 Å². The summed E-state index contributed by atoms with van der Waals surface area (Å²) in [6, 6.07) is 0.757. The number of piperazine rings is 1. The molecule has 3 N–H and O–H groups in total. The van der Waals surface area contributed by atoms with Crippen LogP contribution in [0.25, 0.3) is 0 Å². The lowest BCUT2D eigenvalue weighted by atomic mass is 9.81. The molecule has 5 atom stereocenters. The summed E-state index contributed by atoms with van der Waals surface area (Å²) in [5.74, 6) is 0.608. The topological polar surface area (TPSA) is 53.5 Å². The van der Waals surface area contributed by atoms with Crippen LogP contribution in [0.15, 0.2) is 0 Å². The summed E-state index contributed by atoms with van der Waals surface area (Å²) in [4.78, 5) is 0. The number of hydrogen-bond donors (Lipinski definition) is 3. The first-order chi connectivity index (χ1) is 10.3. The minimum Gasteiger partial charge on any atom is -0.391 e. The summed E-state index contributed by atoms with van der Waals surface area (Å²) < 4.78 is 5.96. The third-order valence-electron chi connectivity index (χ3n) is 4.77. The first-order valence-electron chi connectivity index (χ1n) is 9.08. The lowest BCUT2D eigenvalue weighted by molar-refractivity contribution is -0.0684. The van der Waals surface area contributed by atoms with Crippen LogP contribution in [0.1, 0.15) is 67.2 Å². The van der Waals surface area contributed by atoms with Crippen molar-refractivity contribution in [1.82, 2.24) is 10.6 Å². The van der Waals surface area contributed by atoms with E-state index in [2.05, 4.69) is 45.3 Å². The van der Waals surface area contributed by atoms with Crippen molar-refractivity contribution in [2.24, 2.45) is 11.3 Å². The van der Waals surface area contributed by atoms with Crippen LogP contribution in [-0.2, 0) is 4.74 Å². The summed E-state index contributed by atoms with van der Waals surface area (Å²) in [6.07, 6.45) is 4.47. The molecule has 1 heterocycles. The second-order valence-electron chi connectivity index (χ2n) is 7.93. The quantitative estimate of drug-likeness (QED) is 0.645. The van der Waals surface area contributed by atoms with E-state index in [1.807, 2.05) is 0 Å². The smallest absolute Gasteiger partial charge is 0.124 e. The van der Waals surface area contributed by atoms with E-state index in [-0.39, 0.29) is 11.6 Å². The van der Waals surface area contributed by atoms with Gasteiger partial charge in [0.15, 0.2) is 0 Å². The summed E-state index contributed by atoms with van der Waals surface area (Å²) in [5.41, 5.74) is 0.226. The summed E-state index contributed by atoms with van der Waals surface area (Å²) in [7, 11) is 0. The Morgan fingerprint density at radius 3 is 2.45 bits per heavy atom. The molecule has 132 valence electrons. The highest BCUT2D eigenvalue weighted by atomic mass is 16.5. The maximum atomic E-state index is 9.51. The number of rotatable bonds is 8. The molecule has 4 heteroatoms. The zero-order valence-corrected chi connectivity index (χ0v) is 15.5. The van der Waals surface area contributed by atoms with Crippen LogP contribution in [0.5, 0.6) is 0 Å². The maximum Gasteiger partial charge on any atom is 0.124 e. The largest absolute Gasteiger partial charge is 0.391 e. The molecule has 0 spiro atoms. The molecule has 4 unspecified atom stereocenters. The van der Waals surface area contributed by atoms with Crippen LogP contribution in [0.2, 0.25) is 0 Å². The van der Waals surface area contributed by atoms with Gasteiger partial charge in [-0.05, 0) is 24.7 Å². The van der Waals surface area contributed by atoms with Crippen LogP contribution < -0.4 is 10.6 Å². The molecule has 0 aliphatic carbocycles. The Bertz CT molecular complexity index is 302. The van der Waals surface area contributed by atoms with Crippen LogP contribution in [0.3, 0.4) is 0 Å². The van der Waals surface area contributed by atoms with E-state index in [0.717, 1.165) is 13.0 Å². The minimum atomic E-state index is -0.418. The molecule has 4 nitrogen and oxygen atoms in total. The van der Waals surface area contributed by atoms with Crippen molar-refractivity contribution in [3.63, 3.8) is 0 Å². The van der Waals surface area contributed by atoms with Crippen LogP contribution in [-0.4, -0.2) is 42.7 Å². The predicted molar refractivity (Wildman–Crippen MR) is 92.9 cm³/mol. The standard InChI is InChI=1S/C18H38N2O2/c1-7-9-10-14(8-2)16-17(22-12-13(3)21)19-11-15(20-16)18(4,5)6/h13-17,19-21H,7-12H2,1-6H3/t13-,14?,15?,16?,17?/m0/s1. The molecule has 0 amide bonds. The SMILES string of the molecule is CCCCC(CC)C1NC(C(C)(C)C)CNC1OC[C@H](C)O. The van der Waals surface area contributed by atoms with E-state index < -0.39 is 6.10 Å².